The Bertz CT molecular complexity index is 292. The first-order valence-corrected chi connectivity index (χ1v) is 5.07. The average Bonchev–Trinajstić information content (AvgIpc) is 2.49. The van der Waals surface area contributed by atoms with E-state index in [1.165, 1.54) is 19.3 Å². The Kier molecular flexibility index (Phi) is 2.44. The van der Waals surface area contributed by atoms with Gasteiger partial charge in [-0.05, 0) is 12.8 Å². The van der Waals surface area contributed by atoms with Crippen molar-refractivity contribution in [2.24, 2.45) is 0 Å². The molecular weight excluding hydrogens is 188 g/mol. The van der Waals surface area contributed by atoms with Crippen LogP contribution in [0.25, 0.3) is 0 Å². The molecule has 4 heteroatoms. The van der Waals surface area contributed by atoms with E-state index in [1.807, 2.05) is 0 Å². The highest BCUT2D eigenvalue weighted by atomic mass is 35.5. The Balaban J connectivity index is 2.18. The average molecular weight is 201 g/mol. The number of nitrogen functional groups attached to an aromatic ring is 1. The maximum absolute atomic E-state index is 5.96. The van der Waals surface area contributed by atoms with Crippen molar-refractivity contribution in [3.63, 3.8) is 0 Å². The minimum absolute atomic E-state index is 0.322. The van der Waals surface area contributed by atoms with E-state index < -0.39 is 0 Å². The highest BCUT2D eigenvalue weighted by Gasteiger charge is 2.23. The number of hydrogen-bond acceptors (Lipinski definition) is 3. The topological polar surface area (TPSA) is 52.0 Å². The third-order valence-corrected chi connectivity index (χ3v) is 3.04. The number of nitrogens with two attached hydrogens (primary N) is 1. The molecule has 2 N–H and O–H groups in total. The lowest BCUT2D eigenvalue weighted by Crippen LogP contribution is -2.03. The maximum atomic E-state index is 5.96. The Hall–Kier alpha value is -0.700. The molecule has 0 aliphatic heterocycles. The van der Waals surface area contributed by atoms with Gasteiger partial charge in [-0.25, -0.2) is 0 Å². The van der Waals surface area contributed by atoms with Crippen molar-refractivity contribution in [3.05, 3.63) is 10.8 Å². The predicted octanol–water partition coefficient (Wildman–Crippen LogP) is 2.96. The van der Waals surface area contributed by atoms with Crippen LogP contribution in [0.4, 0.5) is 5.82 Å². The summed E-state index contributed by atoms with van der Waals surface area (Å²) in [6.07, 6.45) is 6.11. The Labute approximate surface area is 82.2 Å². The summed E-state index contributed by atoms with van der Waals surface area (Å²) in [5, 5.41) is 4.18. The number of hydrogen-bond donors (Lipinski definition) is 1. The standard InChI is InChI=1S/C9H13ClN2O/c10-7-8(13-12-9(7)11)6-4-2-1-3-5-6/h6H,1-5H2,(H2,11,12). The summed E-state index contributed by atoms with van der Waals surface area (Å²) in [5.41, 5.74) is 5.51. The highest BCUT2D eigenvalue weighted by molar-refractivity contribution is 6.33. The van der Waals surface area contributed by atoms with Gasteiger partial charge in [0.05, 0.1) is 0 Å². The van der Waals surface area contributed by atoms with Crippen molar-refractivity contribution in [2.75, 3.05) is 5.73 Å². The van der Waals surface area contributed by atoms with Crippen LogP contribution < -0.4 is 5.73 Å². The molecule has 0 amide bonds. The summed E-state index contributed by atoms with van der Waals surface area (Å²) in [6, 6.07) is 0. The summed E-state index contributed by atoms with van der Waals surface area (Å²) in [6.45, 7) is 0. The lowest BCUT2D eigenvalue weighted by molar-refractivity contribution is 0.323. The Morgan fingerprint density at radius 1 is 1.31 bits per heavy atom. The molecule has 1 aliphatic carbocycles. The van der Waals surface area contributed by atoms with E-state index in [0.717, 1.165) is 18.6 Å². The predicted molar refractivity (Wildman–Crippen MR) is 51.8 cm³/mol. The van der Waals surface area contributed by atoms with Gasteiger partial charge < -0.3 is 10.3 Å². The molecule has 1 heterocycles. The molecule has 1 aromatic heterocycles. The van der Waals surface area contributed by atoms with Crippen molar-refractivity contribution < 1.29 is 4.52 Å². The van der Waals surface area contributed by atoms with Gasteiger partial charge in [0.25, 0.3) is 0 Å². The van der Waals surface area contributed by atoms with E-state index in [1.54, 1.807) is 0 Å². The van der Waals surface area contributed by atoms with Crippen molar-refractivity contribution in [1.29, 1.82) is 0 Å². The summed E-state index contributed by atoms with van der Waals surface area (Å²) in [4.78, 5) is 0. The number of aromatic nitrogens is 1. The Morgan fingerprint density at radius 3 is 2.54 bits per heavy atom. The van der Waals surface area contributed by atoms with Gasteiger partial charge in [0.15, 0.2) is 11.6 Å². The molecule has 0 spiro atoms. The molecule has 0 atom stereocenters. The Morgan fingerprint density at radius 2 is 2.00 bits per heavy atom. The second-order valence-corrected chi connectivity index (χ2v) is 3.96. The van der Waals surface area contributed by atoms with Gasteiger partial charge in [0, 0.05) is 5.92 Å². The van der Waals surface area contributed by atoms with Crippen LogP contribution in [-0.4, -0.2) is 5.16 Å². The van der Waals surface area contributed by atoms with E-state index >= 15 is 0 Å². The van der Waals surface area contributed by atoms with Crippen LogP contribution in [0.2, 0.25) is 5.02 Å². The lowest BCUT2D eigenvalue weighted by atomic mass is 9.87. The van der Waals surface area contributed by atoms with Gasteiger partial charge >= 0.3 is 0 Å². The molecule has 1 fully saturated rings. The van der Waals surface area contributed by atoms with Crippen LogP contribution >= 0.6 is 11.6 Å². The van der Waals surface area contributed by atoms with Crippen LogP contribution in [0.1, 0.15) is 43.8 Å². The van der Waals surface area contributed by atoms with Gasteiger partial charge in [-0.1, -0.05) is 36.0 Å². The molecule has 3 nitrogen and oxygen atoms in total. The normalized spacial score (nSPS) is 19.2. The second-order valence-electron chi connectivity index (χ2n) is 3.58. The molecular formula is C9H13ClN2O. The maximum Gasteiger partial charge on any atom is 0.186 e. The first-order chi connectivity index (χ1) is 6.29. The number of anilines is 1. The minimum Gasteiger partial charge on any atom is -0.380 e. The SMILES string of the molecule is Nc1noc(C2CCCCC2)c1Cl. The number of nitrogens with zero attached hydrogens (tertiary/aromatic N) is 1. The molecule has 2 rings (SSSR count). The molecule has 1 aromatic rings. The van der Waals surface area contributed by atoms with Crippen molar-refractivity contribution in [1.82, 2.24) is 5.16 Å². The van der Waals surface area contributed by atoms with Crippen molar-refractivity contribution >= 4 is 17.4 Å². The van der Waals surface area contributed by atoms with Crippen LogP contribution in [0.3, 0.4) is 0 Å². The molecule has 0 radical (unpaired) electrons. The molecule has 0 unspecified atom stereocenters. The molecule has 0 bridgehead atoms. The van der Waals surface area contributed by atoms with Crippen LogP contribution in [0.5, 0.6) is 0 Å². The van der Waals surface area contributed by atoms with Gasteiger partial charge in [-0.15, -0.1) is 0 Å². The molecule has 72 valence electrons. The zero-order valence-corrected chi connectivity index (χ0v) is 8.18. The van der Waals surface area contributed by atoms with Crippen molar-refractivity contribution in [2.45, 2.75) is 38.0 Å². The van der Waals surface area contributed by atoms with Gasteiger partial charge in [0.1, 0.15) is 5.02 Å². The van der Waals surface area contributed by atoms with Crippen LogP contribution in [0.15, 0.2) is 4.52 Å². The largest absolute Gasteiger partial charge is 0.380 e. The second kappa shape index (κ2) is 3.58. The summed E-state index contributed by atoms with van der Waals surface area (Å²) in [5.74, 6) is 1.55. The highest BCUT2D eigenvalue weighted by Crippen LogP contribution is 2.38. The lowest BCUT2D eigenvalue weighted by Gasteiger charge is -2.18. The number of rotatable bonds is 1. The quantitative estimate of drug-likeness (QED) is 0.759. The van der Waals surface area contributed by atoms with Crippen LogP contribution in [-0.2, 0) is 0 Å². The third kappa shape index (κ3) is 1.66. The molecule has 13 heavy (non-hydrogen) atoms. The number of halogens is 1. The van der Waals surface area contributed by atoms with E-state index in [4.69, 9.17) is 21.9 Å². The van der Waals surface area contributed by atoms with Gasteiger partial charge in [-0.2, -0.15) is 0 Å². The van der Waals surface area contributed by atoms with E-state index in [2.05, 4.69) is 5.16 Å². The molecule has 1 saturated carbocycles. The van der Waals surface area contributed by atoms with Crippen molar-refractivity contribution in [3.8, 4) is 0 Å². The van der Waals surface area contributed by atoms with E-state index in [9.17, 15) is 0 Å². The van der Waals surface area contributed by atoms with Gasteiger partial charge in [0.2, 0.25) is 0 Å². The fraction of sp³-hybridized carbons (Fsp3) is 0.667. The zero-order chi connectivity index (χ0) is 9.26. The first-order valence-electron chi connectivity index (χ1n) is 4.69. The summed E-state index contributed by atoms with van der Waals surface area (Å²) < 4.78 is 5.13. The van der Waals surface area contributed by atoms with Gasteiger partial charge in [-0.3, -0.25) is 0 Å². The third-order valence-electron chi connectivity index (χ3n) is 2.66. The molecule has 1 aliphatic rings. The zero-order valence-electron chi connectivity index (χ0n) is 7.42. The monoisotopic (exact) mass is 200 g/mol. The minimum atomic E-state index is 0.322. The smallest absolute Gasteiger partial charge is 0.186 e. The molecule has 0 saturated heterocycles. The fourth-order valence-corrected chi connectivity index (χ4v) is 2.15. The molecule has 0 aromatic carbocycles. The van der Waals surface area contributed by atoms with E-state index in [0.29, 0.717) is 16.8 Å². The summed E-state index contributed by atoms with van der Waals surface area (Å²) >= 11 is 5.96. The van der Waals surface area contributed by atoms with E-state index in [-0.39, 0.29) is 0 Å². The first kappa shape index (κ1) is 8.88. The van der Waals surface area contributed by atoms with Crippen LogP contribution in [0, 0.1) is 0 Å². The summed E-state index contributed by atoms with van der Waals surface area (Å²) in [7, 11) is 0. The fourth-order valence-electron chi connectivity index (χ4n) is 1.92.